The Morgan fingerprint density at radius 1 is 1.32 bits per heavy atom. The van der Waals surface area contributed by atoms with E-state index in [4.69, 9.17) is 9.47 Å². The summed E-state index contributed by atoms with van der Waals surface area (Å²) in [7, 11) is 1.68. The van der Waals surface area contributed by atoms with Gasteiger partial charge in [0.25, 0.3) is 0 Å². The van der Waals surface area contributed by atoms with Crippen molar-refractivity contribution in [3.8, 4) is 0 Å². The van der Waals surface area contributed by atoms with Crippen LogP contribution in [0.25, 0.3) is 0 Å². The molecule has 0 aliphatic heterocycles. The maximum atomic E-state index is 5.43. The number of ether oxygens (including phenoxy) is 2. The number of aromatic nitrogens is 2. The third kappa shape index (κ3) is 6.71. The van der Waals surface area contributed by atoms with Crippen LogP contribution in [0.4, 0.5) is 0 Å². The van der Waals surface area contributed by atoms with Crippen LogP contribution in [-0.2, 0) is 22.6 Å². The molecule has 0 bridgehead atoms. The zero-order chi connectivity index (χ0) is 14.1. The first-order chi connectivity index (χ1) is 9.13. The van der Waals surface area contributed by atoms with Crippen molar-refractivity contribution in [2.75, 3.05) is 26.9 Å². The maximum absolute atomic E-state index is 5.43. The van der Waals surface area contributed by atoms with E-state index in [1.807, 2.05) is 4.68 Å². The Labute approximate surface area is 116 Å². The minimum Gasteiger partial charge on any atom is -0.382 e. The van der Waals surface area contributed by atoms with Gasteiger partial charge in [0.15, 0.2) is 0 Å². The third-order valence-electron chi connectivity index (χ3n) is 2.86. The van der Waals surface area contributed by atoms with Gasteiger partial charge in [-0.25, -0.2) is 0 Å². The molecule has 0 unspecified atom stereocenters. The molecule has 1 rings (SSSR count). The Morgan fingerprint density at radius 3 is 2.79 bits per heavy atom. The molecule has 0 amide bonds. The van der Waals surface area contributed by atoms with Crippen LogP contribution in [0.2, 0.25) is 0 Å². The topological polar surface area (TPSA) is 48.3 Å². The summed E-state index contributed by atoms with van der Waals surface area (Å²) in [5.41, 5.74) is 2.38. The van der Waals surface area contributed by atoms with Gasteiger partial charge in [0.05, 0.1) is 18.9 Å². The molecule has 0 aromatic carbocycles. The van der Waals surface area contributed by atoms with Gasteiger partial charge in [-0.15, -0.1) is 0 Å². The number of methoxy groups -OCH3 is 1. The summed E-state index contributed by atoms with van der Waals surface area (Å²) >= 11 is 0. The lowest BCUT2D eigenvalue weighted by Crippen LogP contribution is -2.21. The van der Waals surface area contributed by atoms with Crippen LogP contribution >= 0.6 is 0 Å². The molecule has 5 nitrogen and oxygen atoms in total. The average molecular weight is 269 g/mol. The molecule has 0 aliphatic rings. The first-order valence-electron chi connectivity index (χ1n) is 6.96. The molecule has 5 heteroatoms. The van der Waals surface area contributed by atoms with Gasteiger partial charge in [0.1, 0.15) is 0 Å². The first kappa shape index (κ1) is 16.1. The molecule has 1 heterocycles. The third-order valence-corrected chi connectivity index (χ3v) is 2.86. The van der Waals surface area contributed by atoms with Gasteiger partial charge in [0, 0.05) is 44.6 Å². The molecule has 0 radical (unpaired) electrons. The van der Waals surface area contributed by atoms with Gasteiger partial charge in [-0.2, -0.15) is 5.10 Å². The van der Waals surface area contributed by atoms with E-state index in [1.54, 1.807) is 7.11 Å². The van der Waals surface area contributed by atoms with E-state index >= 15 is 0 Å². The summed E-state index contributed by atoms with van der Waals surface area (Å²) in [6, 6.07) is 0.497. The summed E-state index contributed by atoms with van der Waals surface area (Å²) in [4.78, 5) is 0. The van der Waals surface area contributed by atoms with Crippen molar-refractivity contribution >= 4 is 0 Å². The summed E-state index contributed by atoms with van der Waals surface area (Å²) in [5, 5.41) is 7.93. The van der Waals surface area contributed by atoms with Crippen LogP contribution in [0.3, 0.4) is 0 Å². The van der Waals surface area contributed by atoms with Gasteiger partial charge in [-0.05, 0) is 13.3 Å². The highest BCUT2D eigenvalue weighted by Crippen LogP contribution is 2.06. The van der Waals surface area contributed by atoms with Crippen LogP contribution in [0, 0.1) is 6.92 Å². The van der Waals surface area contributed by atoms with Crippen molar-refractivity contribution in [2.24, 2.45) is 0 Å². The zero-order valence-corrected chi connectivity index (χ0v) is 12.6. The van der Waals surface area contributed by atoms with E-state index in [9.17, 15) is 0 Å². The fourth-order valence-corrected chi connectivity index (χ4v) is 1.73. The summed E-state index contributed by atoms with van der Waals surface area (Å²) < 4.78 is 12.4. The quantitative estimate of drug-likeness (QED) is 0.657. The largest absolute Gasteiger partial charge is 0.382 e. The van der Waals surface area contributed by atoms with E-state index in [0.717, 1.165) is 31.8 Å². The molecule has 0 fully saturated rings. The second-order valence-electron chi connectivity index (χ2n) is 5.00. The predicted octanol–water partition coefficient (Wildman–Crippen LogP) is 1.74. The van der Waals surface area contributed by atoms with Gasteiger partial charge in [-0.3, -0.25) is 4.68 Å². The van der Waals surface area contributed by atoms with Crippen molar-refractivity contribution in [1.29, 1.82) is 0 Å². The van der Waals surface area contributed by atoms with Crippen LogP contribution in [0.1, 0.15) is 31.5 Å². The second-order valence-corrected chi connectivity index (χ2v) is 5.00. The molecule has 0 atom stereocenters. The van der Waals surface area contributed by atoms with Crippen molar-refractivity contribution < 1.29 is 9.47 Å². The van der Waals surface area contributed by atoms with Crippen molar-refractivity contribution in [1.82, 2.24) is 15.1 Å². The Kier molecular flexibility index (Phi) is 7.70. The standard InChI is InChI=1S/C14H27N3O2/c1-12(2)15-10-14-11-17(16-13(14)3)6-5-7-19-9-8-18-4/h11-12,15H,5-10H2,1-4H3. The van der Waals surface area contributed by atoms with Crippen LogP contribution < -0.4 is 5.32 Å². The van der Waals surface area contributed by atoms with E-state index in [2.05, 4.69) is 37.4 Å². The smallest absolute Gasteiger partial charge is 0.0700 e. The summed E-state index contributed by atoms with van der Waals surface area (Å²) in [6.45, 7) is 10.2. The normalized spacial score (nSPS) is 11.4. The monoisotopic (exact) mass is 269 g/mol. The molecule has 0 saturated carbocycles. The van der Waals surface area contributed by atoms with Crippen LogP contribution in [-0.4, -0.2) is 42.8 Å². The lowest BCUT2D eigenvalue weighted by atomic mass is 10.2. The van der Waals surface area contributed by atoms with Crippen molar-refractivity contribution in [3.63, 3.8) is 0 Å². The predicted molar refractivity (Wildman–Crippen MR) is 76.3 cm³/mol. The minimum absolute atomic E-state index is 0.497. The van der Waals surface area contributed by atoms with Crippen LogP contribution in [0.15, 0.2) is 6.20 Å². The number of nitrogens with one attached hydrogen (secondary N) is 1. The van der Waals surface area contributed by atoms with Crippen molar-refractivity contribution in [2.45, 2.75) is 46.3 Å². The fraction of sp³-hybridized carbons (Fsp3) is 0.786. The van der Waals surface area contributed by atoms with E-state index in [1.165, 1.54) is 5.56 Å². The van der Waals surface area contributed by atoms with Crippen LogP contribution in [0.5, 0.6) is 0 Å². The molecule has 0 spiro atoms. The summed E-state index contributed by atoms with van der Waals surface area (Å²) in [5.74, 6) is 0. The minimum atomic E-state index is 0.497. The lowest BCUT2D eigenvalue weighted by molar-refractivity contribution is 0.0677. The zero-order valence-electron chi connectivity index (χ0n) is 12.6. The Morgan fingerprint density at radius 2 is 2.11 bits per heavy atom. The molecule has 1 aromatic heterocycles. The van der Waals surface area contributed by atoms with Gasteiger partial charge >= 0.3 is 0 Å². The Balaban J connectivity index is 2.25. The number of rotatable bonds is 10. The van der Waals surface area contributed by atoms with Gasteiger partial charge < -0.3 is 14.8 Å². The summed E-state index contributed by atoms with van der Waals surface area (Å²) in [6.07, 6.45) is 3.10. The second kappa shape index (κ2) is 9.07. The molecule has 1 N–H and O–H groups in total. The van der Waals surface area contributed by atoms with Gasteiger partial charge in [-0.1, -0.05) is 13.8 Å². The first-order valence-corrected chi connectivity index (χ1v) is 6.96. The average Bonchev–Trinajstić information content (AvgIpc) is 2.72. The highest BCUT2D eigenvalue weighted by atomic mass is 16.5. The SMILES string of the molecule is COCCOCCCn1cc(CNC(C)C)c(C)n1. The lowest BCUT2D eigenvalue weighted by Gasteiger charge is -2.06. The fourth-order valence-electron chi connectivity index (χ4n) is 1.73. The molecular weight excluding hydrogens is 242 g/mol. The molecule has 0 saturated heterocycles. The van der Waals surface area contributed by atoms with E-state index in [-0.39, 0.29) is 0 Å². The molecule has 19 heavy (non-hydrogen) atoms. The van der Waals surface area contributed by atoms with Gasteiger partial charge in [0.2, 0.25) is 0 Å². The molecule has 0 aliphatic carbocycles. The molecular formula is C14H27N3O2. The van der Waals surface area contributed by atoms with E-state index in [0.29, 0.717) is 19.3 Å². The Bertz CT molecular complexity index is 350. The molecule has 1 aromatic rings. The number of aryl methyl sites for hydroxylation is 2. The number of nitrogens with zero attached hydrogens (tertiary/aromatic N) is 2. The highest BCUT2D eigenvalue weighted by molar-refractivity contribution is 5.15. The Hall–Kier alpha value is -0.910. The van der Waals surface area contributed by atoms with Crippen molar-refractivity contribution in [3.05, 3.63) is 17.5 Å². The molecule has 110 valence electrons. The number of hydrogen-bond donors (Lipinski definition) is 1. The number of hydrogen-bond acceptors (Lipinski definition) is 4. The maximum Gasteiger partial charge on any atom is 0.0700 e. The van der Waals surface area contributed by atoms with E-state index < -0.39 is 0 Å². The highest BCUT2D eigenvalue weighted by Gasteiger charge is 2.05.